The van der Waals surface area contributed by atoms with Gasteiger partial charge in [-0.05, 0) is 66.1 Å². The summed E-state index contributed by atoms with van der Waals surface area (Å²) in [4.78, 5) is 44.7. The molecule has 6 rings (SSSR count). The van der Waals surface area contributed by atoms with Crippen molar-refractivity contribution in [3.05, 3.63) is 83.7 Å². The molecule has 1 fully saturated rings. The molecule has 1 unspecified atom stereocenters. The number of rotatable bonds is 5. The number of likely N-dealkylation sites (N-methyl/N-ethyl adjacent to an activating group) is 1. The maximum absolute atomic E-state index is 13.0. The van der Waals surface area contributed by atoms with Crippen molar-refractivity contribution in [3.63, 3.8) is 0 Å². The Balaban J connectivity index is 1.19. The minimum Gasteiger partial charge on any atom is -0.352 e. The summed E-state index contributed by atoms with van der Waals surface area (Å²) in [6.07, 6.45) is 4.47. The lowest BCUT2D eigenvalue weighted by molar-refractivity contribution is -0.129. The number of aromatic nitrogens is 2. The van der Waals surface area contributed by atoms with E-state index in [-0.39, 0.29) is 23.8 Å². The van der Waals surface area contributed by atoms with Crippen LogP contribution >= 0.6 is 0 Å². The van der Waals surface area contributed by atoms with Gasteiger partial charge in [0.15, 0.2) is 5.65 Å². The van der Waals surface area contributed by atoms with Crippen molar-refractivity contribution < 1.29 is 14.4 Å². The monoisotopic (exact) mass is 508 g/mol. The molecular weight excluding hydrogens is 480 g/mol. The lowest BCUT2D eigenvalue weighted by Gasteiger charge is -2.23. The molecule has 0 bridgehead atoms. The van der Waals surface area contributed by atoms with Crippen LogP contribution in [0.1, 0.15) is 39.6 Å². The van der Waals surface area contributed by atoms with Gasteiger partial charge in [0, 0.05) is 62.8 Å². The van der Waals surface area contributed by atoms with E-state index >= 15 is 0 Å². The second-order valence-corrected chi connectivity index (χ2v) is 9.83. The Bertz CT molecular complexity index is 1580. The number of imidazole rings is 1. The highest BCUT2D eigenvalue weighted by Gasteiger charge is 2.30. The van der Waals surface area contributed by atoms with Crippen LogP contribution in [0.5, 0.6) is 0 Å². The summed E-state index contributed by atoms with van der Waals surface area (Å²) in [5, 5.41) is 6.29. The molecular formula is C29H28N6O3. The number of hydrogen-bond donors (Lipinski definition) is 2. The molecule has 2 aromatic heterocycles. The van der Waals surface area contributed by atoms with Gasteiger partial charge in [-0.25, -0.2) is 4.98 Å². The molecule has 9 heteroatoms. The number of carbonyl (C=O) groups is 3. The van der Waals surface area contributed by atoms with Crippen LogP contribution in [-0.2, 0) is 11.3 Å². The van der Waals surface area contributed by atoms with Crippen molar-refractivity contribution in [2.75, 3.05) is 25.5 Å². The first-order valence-electron chi connectivity index (χ1n) is 12.7. The highest BCUT2D eigenvalue weighted by molar-refractivity contribution is 5.99. The molecule has 4 aromatic rings. The van der Waals surface area contributed by atoms with Crippen LogP contribution in [0.2, 0.25) is 0 Å². The molecule has 1 saturated heterocycles. The summed E-state index contributed by atoms with van der Waals surface area (Å²) in [6, 6.07) is 17.4. The topological polar surface area (TPSA) is 99.0 Å². The maximum atomic E-state index is 13.0. The van der Waals surface area contributed by atoms with Crippen LogP contribution < -0.4 is 10.6 Å². The number of fused-ring (bicyclic) bond motifs is 2. The summed E-state index contributed by atoms with van der Waals surface area (Å²) < 4.78 is 2.02. The van der Waals surface area contributed by atoms with Gasteiger partial charge in [0.1, 0.15) is 0 Å². The zero-order valence-electron chi connectivity index (χ0n) is 21.3. The Morgan fingerprint density at radius 3 is 2.71 bits per heavy atom. The first kappa shape index (κ1) is 23.7. The predicted molar refractivity (Wildman–Crippen MR) is 144 cm³/mol. The number of pyridine rings is 1. The summed E-state index contributed by atoms with van der Waals surface area (Å²) in [5.41, 5.74) is 6.78. The fraction of sp³-hybridized carbons (Fsp3) is 0.241. The molecule has 2 aliphatic rings. The molecule has 3 amide bonds. The SMILES string of the molecule is CC(=O)N(C)C1CCN(C(=O)c2ccc(Nc3ccc(-c4ccc5c(c4)CNC5=O)n4ccnc34)cc2)C1. The third-order valence-electron chi connectivity index (χ3n) is 7.54. The van der Waals surface area contributed by atoms with E-state index in [2.05, 4.69) is 15.6 Å². The number of anilines is 2. The van der Waals surface area contributed by atoms with Gasteiger partial charge >= 0.3 is 0 Å². The van der Waals surface area contributed by atoms with Crippen LogP contribution in [-0.4, -0.2) is 63.1 Å². The number of benzene rings is 2. The van der Waals surface area contributed by atoms with Gasteiger partial charge < -0.3 is 20.4 Å². The summed E-state index contributed by atoms with van der Waals surface area (Å²) >= 11 is 0. The first-order valence-corrected chi connectivity index (χ1v) is 12.7. The Labute approximate surface area is 220 Å². The number of nitrogens with one attached hydrogen (secondary N) is 2. The van der Waals surface area contributed by atoms with Crippen LogP contribution in [0.15, 0.2) is 67.0 Å². The van der Waals surface area contributed by atoms with Crippen LogP contribution in [0.4, 0.5) is 11.4 Å². The van der Waals surface area contributed by atoms with E-state index in [1.54, 1.807) is 25.1 Å². The second-order valence-electron chi connectivity index (χ2n) is 9.83. The van der Waals surface area contributed by atoms with E-state index in [9.17, 15) is 14.4 Å². The average Bonchev–Trinajstić information content (AvgIpc) is 3.69. The number of carbonyl (C=O) groups excluding carboxylic acids is 3. The molecule has 2 N–H and O–H groups in total. The normalized spacial score (nSPS) is 16.4. The fourth-order valence-corrected chi connectivity index (χ4v) is 5.27. The van der Waals surface area contributed by atoms with Crippen LogP contribution in [0.3, 0.4) is 0 Å². The number of amides is 3. The fourth-order valence-electron chi connectivity index (χ4n) is 5.27. The molecule has 2 aliphatic heterocycles. The van der Waals surface area contributed by atoms with Gasteiger partial charge in [0.25, 0.3) is 11.8 Å². The van der Waals surface area contributed by atoms with Crippen LogP contribution in [0, 0.1) is 0 Å². The predicted octanol–water partition coefficient (Wildman–Crippen LogP) is 3.68. The van der Waals surface area contributed by atoms with Gasteiger partial charge in [0.2, 0.25) is 5.91 Å². The summed E-state index contributed by atoms with van der Waals surface area (Å²) in [7, 11) is 1.79. The van der Waals surface area contributed by atoms with Crippen molar-refractivity contribution >= 4 is 34.7 Å². The highest BCUT2D eigenvalue weighted by Crippen LogP contribution is 2.30. The summed E-state index contributed by atoms with van der Waals surface area (Å²) in [5.74, 6) is -0.0422. The van der Waals surface area contributed by atoms with Crippen molar-refractivity contribution in [2.24, 2.45) is 0 Å². The molecule has 4 heterocycles. The lowest BCUT2D eigenvalue weighted by atomic mass is 10.0. The van der Waals surface area contributed by atoms with E-state index in [1.165, 1.54) is 0 Å². The minimum atomic E-state index is -0.0307. The summed E-state index contributed by atoms with van der Waals surface area (Å²) in [6.45, 7) is 3.29. The lowest BCUT2D eigenvalue weighted by Crippen LogP contribution is -2.38. The molecule has 192 valence electrons. The van der Waals surface area contributed by atoms with Gasteiger partial charge in [0.05, 0.1) is 17.4 Å². The van der Waals surface area contributed by atoms with Crippen molar-refractivity contribution in [2.45, 2.75) is 25.9 Å². The molecule has 2 aromatic carbocycles. The number of hydrogen-bond acceptors (Lipinski definition) is 5. The Kier molecular flexibility index (Phi) is 5.83. The average molecular weight is 509 g/mol. The van der Waals surface area contributed by atoms with E-state index in [1.807, 2.05) is 70.1 Å². The quantitative estimate of drug-likeness (QED) is 0.429. The third kappa shape index (κ3) is 4.15. The van der Waals surface area contributed by atoms with E-state index in [0.717, 1.165) is 45.8 Å². The Hall–Kier alpha value is -4.66. The maximum Gasteiger partial charge on any atom is 0.253 e. The molecule has 0 radical (unpaired) electrons. The third-order valence-corrected chi connectivity index (χ3v) is 7.54. The smallest absolute Gasteiger partial charge is 0.253 e. The Morgan fingerprint density at radius 2 is 1.92 bits per heavy atom. The van der Waals surface area contributed by atoms with E-state index < -0.39 is 0 Å². The molecule has 0 spiro atoms. The zero-order valence-corrected chi connectivity index (χ0v) is 21.3. The molecule has 1 atom stereocenters. The van der Waals surface area contributed by atoms with Crippen LogP contribution in [0.25, 0.3) is 16.9 Å². The van der Waals surface area contributed by atoms with Crippen molar-refractivity contribution in [1.82, 2.24) is 24.5 Å². The van der Waals surface area contributed by atoms with Gasteiger partial charge in [-0.2, -0.15) is 0 Å². The number of likely N-dealkylation sites (tertiary alicyclic amines) is 1. The Morgan fingerprint density at radius 1 is 1.11 bits per heavy atom. The second kappa shape index (κ2) is 9.33. The van der Waals surface area contributed by atoms with Gasteiger partial charge in [-0.15, -0.1) is 0 Å². The zero-order chi connectivity index (χ0) is 26.4. The van der Waals surface area contributed by atoms with Gasteiger partial charge in [-0.1, -0.05) is 6.07 Å². The van der Waals surface area contributed by atoms with Gasteiger partial charge in [-0.3, -0.25) is 18.8 Å². The van der Waals surface area contributed by atoms with E-state index in [4.69, 9.17) is 0 Å². The molecule has 9 nitrogen and oxygen atoms in total. The molecule has 0 aliphatic carbocycles. The molecule has 0 saturated carbocycles. The standard InChI is InChI=1S/C29H28N6O3/c1-18(36)33(2)23-11-13-34(17-23)29(38)19-3-6-22(7-4-19)32-25-9-10-26(35-14-12-30-27(25)35)20-5-8-24-21(15-20)16-31-28(24)37/h3-10,12,14-15,23,32H,11,13,16-17H2,1-2H3,(H,31,37). The number of nitrogens with zero attached hydrogens (tertiary/aromatic N) is 4. The first-order chi connectivity index (χ1) is 18.4. The highest BCUT2D eigenvalue weighted by atomic mass is 16.2. The largest absolute Gasteiger partial charge is 0.352 e. The van der Waals surface area contributed by atoms with Crippen molar-refractivity contribution in [3.8, 4) is 11.3 Å². The molecule has 38 heavy (non-hydrogen) atoms. The van der Waals surface area contributed by atoms with E-state index in [0.29, 0.717) is 25.2 Å². The minimum absolute atomic E-state index is 0.0143. The van der Waals surface area contributed by atoms with Crippen molar-refractivity contribution in [1.29, 1.82) is 0 Å².